The van der Waals surface area contributed by atoms with Gasteiger partial charge in [0.15, 0.2) is 0 Å². The molecule has 0 spiro atoms. The van der Waals surface area contributed by atoms with Gasteiger partial charge in [-0.25, -0.2) is 9.59 Å². The fourth-order valence-corrected chi connectivity index (χ4v) is 2.90. The highest BCUT2D eigenvalue weighted by atomic mass is 16.4. The number of nitrogens with one attached hydrogen (secondary N) is 2. The molecule has 0 aromatic heterocycles. The number of carboxylic acids is 1. The van der Waals surface area contributed by atoms with Crippen LogP contribution in [-0.2, 0) is 13.1 Å². The van der Waals surface area contributed by atoms with Gasteiger partial charge < -0.3 is 20.6 Å². The smallest absolute Gasteiger partial charge is 0.335 e. The number of carbonyl (C=O) groups excluding carboxylic acids is 1. The molecule has 1 aromatic rings. The van der Waals surface area contributed by atoms with Crippen LogP contribution in [0.2, 0.25) is 0 Å². The summed E-state index contributed by atoms with van der Waals surface area (Å²) < 4.78 is 0. The van der Waals surface area contributed by atoms with Crippen LogP contribution in [0.15, 0.2) is 18.2 Å². The van der Waals surface area contributed by atoms with E-state index in [1.54, 1.807) is 23.1 Å². The van der Waals surface area contributed by atoms with E-state index in [0.29, 0.717) is 13.1 Å². The highest BCUT2D eigenvalue weighted by molar-refractivity contribution is 5.88. The highest BCUT2D eigenvalue weighted by Gasteiger charge is 2.26. The van der Waals surface area contributed by atoms with Crippen molar-refractivity contribution >= 4 is 12.0 Å². The summed E-state index contributed by atoms with van der Waals surface area (Å²) in [4.78, 5) is 25.0. The summed E-state index contributed by atoms with van der Waals surface area (Å²) in [6.45, 7) is 2.90. The zero-order valence-electron chi connectivity index (χ0n) is 11.8. The normalized spacial score (nSPS) is 18.4. The van der Waals surface area contributed by atoms with Crippen LogP contribution in [0.5, 0.6) is 0 Å². The summed E-state index contributed by atoms with van der Waals surface area (Å²) in [5, 5.41) is 15.3. The monoisotopic (exact) mass is 289 g/mol. The van der Waals surface area contributed by atoms with E-state index < -0.39 is 5.97 Å². The van der Waals surface area contributed by atoms with Crippen LogP contribution in [0.4, 0.5) is 4.79 Å². The molecule has 6 nitrogen and oxygen atoms in total. The van der Waals surface area contributed by atoms with Gasteiger partial charge in [0.2, 0.25) is 0 Å². The van der Waals surface area contributed by atoms with E-state index in [9.17, 15) is 9.59 Å². The molecule has 6 heteroatoms. The van der Waals surface area contributed by atoms with Crippen LogP contribution < -0.4 is 10.6 Å². The Kier molecular flexibility index (Phi) is 3.79. The molecule has 0 radical (unpaired) electrons. The van der Waals surface area contributed by atoms with Gasteiger partial charge in [-0.2, -0.15) is 0 Å². The summed E-state index contributed by atoms with van der Waals surface area (Å²) in [5.74, 6) is -0.935. The SMILES string of the molecule is O=C(O)c1ccc2c(c1)CN(C(=O)NC1CCNCC1)C2. The Morgan fingerprint density at radius 3 is 2.62 bits per heavy atom. The van der Waals surface area contributed by atoms with Gasteiger partial charge in [0.25, 0.3) is 0 Å². The number of hydrogen-bond donors (Lipinski definition) is 3. The Hall–Kier alpha value is -2.08. The Labute approximate surface area is 123 Å². The van der Waals surface area contributed by atoms with E-state index >= 15 is 0 Å². The molecule has 2 aliphatic rings. The average molecular weight is 289 g/mol. The quantitative estimate of drug-likeness (QED) is 0.763. The first-order valence-corrected chi connectivity index (χ1v) is 7.25. The minimum absolute atomic E-state index is 0.0602. The highest BCUT2D eigenvalue weighted by Crippen LogP contribution is 2.24. The second-order valence-corrected chi connectivity index (χ2v) is 5.62. The second kappa shape index (κ2) is 5.73. The number of fused-ring (bicyclic) bond motifs is 1. The van der Waals surface area contributed by atoms with Crippen molar-refractivity contribution in [3.05, 3.63) is 34.9 Å². The van der Waals surface area contributed by atoms with E-state index in [4.69, 9.17) is 5.11 Å². The first-order valence-electron chi connectivity index (χ1n) is 7.25. The van der Waals surface area contributed by atoms with E-state index in [-0.39, 0.29) is 17.6 Å². The molecule has 1 aromatic carbocycles. The largest absolute Gasteiger partial charge is 0.478 e. The summed E-state index contributed by atoms with van der Waals surface area (Å²) in [6.07, 6.45) is 1.91. The molecule has 1 fully saturated rings. The molecular weight excluding hydrogens is 270 g/mol. The molecule has 21 heavy (non-hydrogen) atoms. The lowest BCUT2D eigenvalue weighted by Crippen LogP contribution is -2.47. The van der Waals surface area contributed by atoms with E-state index in [1.807, 2.05) is 0 Å². The number of aromatic carboxylic acids is 1. The third-order valence-corrected chi connectivity index (χ3v) is 4.13. The molecule has 2 amide bonds. The minimum atomic E-state index is -0.935. The van der Waals surface area contributed by atoms with Gasteiger partial charge in [-0.15, -0.1) is 0 Å². The summed E-state index contributed by atoms with van der Waals surface area (Å²) in [5.41, 5.74) is 2.23. The third-order valence-electron chi connectivity index (χ3n) is 4.13. The minimum Gasteiger partial charge on any atom is -0.478 e. The number of rotatable bonds is 2. The first-order chi connectivity index (χ1) is 10.1. The number of nitrogens with zero attached hydrogens (tertiary/aromatic N) is 1. The molecule has 0 saturated carbocycles. The zero-order chi connectivity index (χ0) is 14.8. The Bertz CT molecular complexity index is 567. The van der Waals surface area contributed by atoms with Gasteiger partial charge in [0.1, 0.15) is 0 Å². The average Bonchev–Trinajstić information content (AvgIpc) is 2.91. The molecule has 3 N–H and O–H groups in total. The number of benzene rings is 1. The molecule has 112 valence electrons. The van der Waals surface area contributed by atoms with Crippen molar-refractivity contribution in [3.63, 3.8) is 0 Å². The van der Waals surface area contributed by atoms with Crippen molar-refractivity contribution in [2.75, 3.05) is 13.1 Å². The number of carbonyl (C=O) groups is 2. The lowest BCUT2D eigenvalue weighted by atomic mass is 10.1. The Morgan fingerprint density at radius 1 is 1.19 bits per heavy atom. The predicted octanol–water partition coefficient (Wildman–Crippen LogP) is 1.16. The van der Waals surface area contributed by atoms with Gasteiger partial charge in [-0.05, 0) is 49.2 Å². The number of carboxylic acid groups (broad SMARTS) is 1. The molecule has 2 aliphatic heterocycles. The van der Waals surface area contributed by atoms with Crippen molar-refractivity contribution < 1.29 is 14.7 Å². The molecule has 1 saturated heterocycles. The lowest BCUT2D eigenvalue weighted by molar-refractivity contribution is 0.0696. The maximum atomic E-state index is 12.3. The molecule has 3 rings (SSSR count). The Balaban J connectivity index is 1.63. The van der Waals surface area contributed by atoms with Gasteiger partial charge in [-0.1, -0.05) is 6.07 Å². The van der Waals surface area contributed by atoms with E-state index in [0.717, 1.165) is 37.1 Å². The van der Waals surface area contributed by atoms with Crippen molar-refractivity contribution in [2.45, 2.75) is 32.0 Å². The first kappa shape index (κ1) is 13.9. The molecular formula is C15H19N3O3. The van der Waals surface area contributed by atoms with Crippen molar-refractivity contribution in [3.8, 4) is 0 Å². The second-order valence-electron chi connectivity index (χ2n) is 5.62. The van der Waals surface area contributed by atoms with Crippen LogP contribution in [0, 0.1) is 0 Å². The summed E-state index contributed by atoms with van der Waals surface area (Å²) in [7, 11) is 0. The fraction of sp³-hybridized carbons (Fsp3) is 0.467. The number of amides is 2. The number of urea groups is 1. The van der Waals surface area contributed by atoms with Gasteiger partial charge in [-0.3, -0.25) is 0 Å². The Morgan fingerprint density at radius 2 is 1.90 bits per heavy atom. The van der Waals surface area contributed by atoms with Gasteiger partial charge >= 0.3 is 12.0 Å². The predicted molar refractivity (Wildman–Crippen MR) is 77.1 cm³/mol. The molecule has 2 heterocycles. The topological polar surface area (TPSA) is 81.7 Å². The van der Waals surface area contributed by atoms with Crippen molar-refractivity contribution in [1.29, 1.82) is 0 Å². The molecule has 0 atom stereocenters. The molecule has 0 bridgehead atoms. The maximum absolute atomic E-state index is 12.3. The molecule has 0 unspecified atom stereocenters. The number of hydrogen-bond acceptors (Lipinski definition) is 3. The van der Waals surface area contributed by atoms with Crippen LogP contribution in [0.25, 0.3) is 0 Å². The summed E-state index contributed by atoms with van der Waals surface area (Å²) >= 11 is 0. The third kappa shape index (κ3) is 3.00. The van der Waals surface area contributed by atoms with Crippen molar-refractivity contribution in [1.82, 2.24) is 15.5 Å². The fourth-order valence-electron chi connectivity index (χ4n) is 2.90. The number of piperidine rings is 1. The lowest BCUT2D eigenvalue weighted by Gasteiger charge is -2.26. The van der Waals surface area contributed by atoms with E-state index in [2.05, 4.69) is 10.6 Å². The summed E-state index contributed by atoms with van der Waals surface area (Å²) in [6, 6.07) is 5.23. The van der Waals surface area contributed by atoms with Crippen LogP contribution in [0.3, 0.4) is 0 Å². The standard InChI is InChI=1S/C15H19N3O3/c19-14(20)10-1-2-11-8-18(9-12(11)7-10)15(21)17-13-3-5-16-6-4-13/h1-2,7,13,16H,3-6,8-9H2,(H,17,21)(H,19,20). The van der Waals surface area contributed by atoms with Crippen LogP contribution in [-0.4, -0.2) is 41.1 Å². The zero-order valence-corrected chi connectivity index (χ0v) is 11.8. The maximum Gasteiger partial charge on any atom is 0.335 e. The van der Waals surface area contributed by atoms with Gasteiger partial charge in [0.05, 0.1) is 5.56 Å². The van der Waals surface area contributed by atoms with E-state index in [1.165, 1.54) is 0 Å². The van der Waals surface area contributed by atoms with Crippen LogP contribution in [0.1, 0.15) is 34.3 Å². The van der Waals surface area contributed by atoms with Gasteiger partial charge in [0, 0.05) is 19.1 Å². The van der Waals surface area contributed by atoms with Crippen LogP contribution >= 0.6 is 0 Å². The molecule has 0 aliphatic carbocycles. The van der Waals surface area contributed by atoms with Crippen molar-refractivity contribution in [2.24, 2.45) is 0 Å².